The molecule has 0 aromatic heterocycles. The lowest BCUT2D eigenvalue weighted by atomic mass is 10.1. The highest BCUT2D eigenvalue weighted by molar-refractivity contribution is 7.99. The molecule has 0 heterocycles. The Hall–Kier alpha value is -2.05. The van der Waals surface area contributed by atoms with Gasteiger partial charge in [0.1, 0.15) is 6.79 Å². The second-order valence-corrected chi connectivity index (χ2v) is 4.18. The van der Waals surface area contributed by atoms with Gasteiger partial charge in [-0.15, -0.1) is 0 Å². The third-order valence-electron chi connectivity index (χ3n) is 1.78. The van der Waals surface area contributed by atoms with Crippen LogP contribution >= 0.6 is 0 Å². The van der Waals surface area contributed by atoms with Crippen LogP contribution in [0.5, 0.6) is 0 Å². The van der Waals surface area contributed by atoms with Gasteiger partial charge in [-0.3, -0.25) is 9.35 Å². The molecule has 2 aromatic carbocycles. The van der Waals surface area contributed by atoms with Crippen molar-refractivity contribution >= 4 is 33.3 Å². The van der Waals surface area contributed by atoms with Crippen molar-refractivity contribution in [2.75, 3.05) is 0 Å². The first-order valence-corrected chi connectivity index (χ1v) is 6.18. The van der Waals surface area contributed by atoms with Gasteiger partial charge in [-0.05, 0) is 10.8 Å². The fraction of sp³-hybridized carbons (Fsp3) is 0. The van der Waals surface area contributed by atoms with E-state index in [-0.39, 0.29) is 0 Å². The molecular formula is C12H12O5S. The van der Waals surface area contributed by atoms with Crippen molar-refractivity contribution in [3.63, 3.8) is 0 Å². The molecule has 0 radical (unpaired) electrons. The molecule has 2 aromatic rings. The van der Waals surface area contributed by atoms with Crippen LogP contribution in [0, 0.1) is 0 Å². The predicted molar refractivity (Wildman–Crippen MR) is 69.4 cm³/mol. The smallest absolute Gasteiger partial charge is 0.307 e. The zero-order valence-corrected chi connectivity index (χ0v) is 10.2. The molecule has 0 amide bonds. The average Bonchev–Trinajstić information content (AvgIpc) is 2.41. The first kappa shape index (κ1) is 16.0. The molecule has 0 aliphatic carbocycles. The molecule has 0 spiro atoms. The maximum absolute atomic E-state index is 9.19. The quantitative estimate of drug-likeness (QED) is 0.628. The van der Waals surface area contributed by atoms with Gasteiger partial charge in [0.15, 0.2) is 0 Å². The minimum atomic E-state index is -4.34. The summed E-state index contributed by atoms with van der Waals surface area (Å²) in [6.45, 7) is 2.00. The summed E-state index contributed by atoms with van der Waals surface area (Å²) in [6, 6.07) is 16.7. The summed E-state index contributed by atoms with van der Waals surface area (Å²) in [7, 11) is -4.34. The van der Waals surface area contributed by atoms with E-state index >= 15 is 0 Å². The normalized spacial score (nSPS) is 9.39. The first-order valence-electron chi connectivity index (χ1n) is 4.68. The Morgan fingerprint density at radius 1 is 0.889 bits per heavy atom. The summed E-state index contributed by atoms with van der Waals surface area (Å²) in [4.78, 5) is 17.0. The number of hydrogen-bond acceptors (Lipinski definition) is 4. The second kappa shape index (κ2) is 8.10. The fourth-order valence-electron chi connectivity index (χ4n) is 1.13. The van der Waals surface area contributed by atoms with Gasteiger partial charge in [-0.2, -0.15) is 8.42 Å². The molecule has 0 bridgehead atoms. The van der Waals surface area contributed by atoms with Crippen molar-refractivity contribution in [1.29, 1.82) is 0 Å². The number of carbonyl (C=O) groups is 2. The zero-order chi connectivity index (χ0) is 14.0. The molecule has 0 aliphatic rings. The fourth-order valence-corrected chi connectivity index (χ4v) is 1.13. The summed E-state index contributed by atoms with van der Waals surface area (Å²) in [5.74, 6) is 0. The van der Waals surface area contributed by atoms with E-state index in [1.807, 2.05) is 6.79 Å². The van der Waals surface area contributed by atoms with Crippen molar-refractivity contribution in [2.24, 2.45) is 0 Å². The maximum Gasteiger partial charge on any atom is 0.325 e. The highest BCUT2D eigenvalue weighted by Crippen LogP contribution is 2.11. The molecule has 2 rings (SSSR count). The van der Waals surface area contributed by atoms with Crippen LogP contribution in [-0.4, -0.2) is 25.4 Å². The van der Waals surface area contributed by atoms with E-state index in [1.165, 1.54) is 10.8 Å². The Morgan fingerprint density at radius 2 is 1.11 bits per heavy atom. The van der Waals surface area contributed by atoms with Crippen LogP contribution in [0.2, 0.25) is 0 Å². The van der Waals surface area contributed by atoms with Crippen LogP contribution in [0.4, 0.5) is 0 Å². The molecule has 0 saturated heterocycles. The average molecular weight is 268 g/mol. The van der Waals surface area contributed by atoms with Crippen molar-refractivity contribution in [2.45, 2.75) is 0 Å². The van der Waals surface area contributed by atoms with Gasteiger partial charge < -0.3 is 4.79 Å². The lowest BCUT2D eigenvalue weighted by molar-refractivity contribution is -0.0979. The summed E-state index contributed by atoms with van der Waals surface area (Å²) in [5.41, 5.74) is -0.535. The number of fused-ring (bicyclic) bond motifs is 1. The lowest BCUT2D eigenvalue weighted by Crippen LogP contribution is -1.94. The molecule has 6 heteroatoms. The minimum absolute atomic E-state index is 0.535. The van der Waals surface area contributed by atoms with Gasteiger partial charge >= 0.3 is 10.1 Å². The molecule has 0 saturated carbocycles. The van der Waals surface area contributed by atoms with Gasteiger partial charge in [0.25, 0.3) is 5.62 Å². The monoisotopic (exact) mass is 268 g/mol. The molecule has 5 nitrogen and oxygen atoms in total. The second-order valence-electron chi connectivity index (χ2n) is 2.96. The van der Waals surface area contributed by atoms with Crippen LogP contribution in [-0.2, 0) is 19.7 Å². The van der Waals surface area contributed by atoms with E-state index in [0.29, 0.717) is 0 Å². The molecule has 0 fully saturated rings. The van der Waals surface area contributed by atoms with Gasteiger partial charge in [0.05, 0.1) is 0 Å². The Labute approximate surface area is 105 Å². The van der Waals surface area contributed by atoms with E-state index < -0.39 is 15.7 Å². The largest absolute Gasteiger partial charge is 0.325 e. The number of hydrogen-bond donors (Lipinski definition) is 1. The van der Waals surface area contributed by atoms with Crippen molar-refractivity contribution in [3.05, 3.63) is 48.5 Å². The third kappa shape index (κ3) is 6.51. The Kier molecular flexibility index (Phi) is 7.18. The third-order valence-corrected chi connectivity index (χ3v) is 2.02. The zero-order valence-electron chi connectivity index (χ0n) is 9.39. The number of carbonyl (C=O) groups excluding carboxylic acids is 2. The lowest BCUT2D eigenvalue weighted by Gasteiger charge is -1.92. The summed E-state index contributed by atoms with van der Waals surface area (Å²) in [5, 5.41) is 2.62. The standard InChI is InChI=1S/C10H8.CH2O4S.CH2O/c1-2-6-10-8-4-3-7-9(10)5-1;2-1-6(3,4)5;1-2/h1-8H;1H,(H,3,4,5);1H2. The van der Waals surface area contributed by atoms with Gasteiger partial charge in [-0.1, -0.05) is 48.5 Å². The molecule has 18 heavy (non-hydrogen) atoms. The van der Waals surface area contributed by atoms with Crippen LogP contribution in [0.25, 0.3) is 10.8 Å². The van der Waals surface area contributed by atoms with Crippen LogP contribution < -0.4 is 0 Å². The summed E-state index contributed by atoms with van der Waals surface area (Å²) in [6.07, 6.45) is 0. The molecule has 0 aliphatic heterocycles. The summed E-state index contributed by atoms with van der Waals surface area (Å²) < 4.78 is 25.8. The van der Waals surface area contributed by atoms with E-state index in [2.05, 4.69) is 48.5 Å². The highest BCUT2D eigenvalue weighted by atomic mass is 32.2. The van der Waals surface area contributed by atoms with Crippen LogP contribution in [0.15, 0.2) is 48.5 Å². The minimum Gasteiger partial charge on any atom is -0.307 e. The SMILES string of the molecule is C=O.O=CS(=O)(=O)O.c1ccc2ccccc2c1. The van der Waals surface area contributed by atoms with Gasteiger partial charge in [0, 0.05) is 0 Å². The number of benzene rings is 2. The molecular weight excluding hydrogens is 256 g/mol. The first-order chi connectivity index (χ1) is 8.53. The topological polar surface area (TPSA) is 88.5 Å². The van der Waals surface area contributed by atoms with E-state index in [0.717, 1.165) is 0 Å². The van der Waals surface area contributed by atoms with Gasteiger partial charge in [0.2, 0.25) is 0 Å². The number of rotatable bonds is 1. The Morgan fingerprint density at radius 3 is 1.28 bits per heavy atom. The van der Waals surface area contributed by atoms with E-state index in [9.17, 15) is 8.42 Å². The van der Waals surface area contributed by atoms with Crippen LogP contribution in [0.1, 0.15) is 0 Å². The molecule has 96 valence electrons. The van der Waals surface area contributed by atoms with Gasteiger partial charge in [-0.25, -0.2) is 0 Å². The maximum atomic E-state index is 9.19. The van der Waals surface area contributed by atoms with E-state index in [1.54, 1.807) is 0 Å². The predicted octanol–water partition coefficient (Wildman–Crippen LogP) is 1.72. The molecule has 1 N–H and O–H groups in total. The molecule has 0 atom stereocenters. The van der Waals surface area contributed by atoms with Crippen molar-refractivity contribution in [3.8, 4) is 0 Å². The van der Waals surface area contributed by atoms with Crippen LogP contribution in [0.3, 0.4) is 0 Å². The van der Waals surface area contributed by atoms with E-state index in [4.69, 9.17) is 14.1 Å². The van der Waals surface area contributed by atoms with Crippen molar-refractivity contribution < 1.29 is 22.6 Å². The highest BCUT2D eigenvalue weighted by Gasteiger charge is 1.94. The molecule has 0 unspecified atom stereocenters. The summed E-state index contributed by atoms with van der Waals surface area (Å²) >= 11 is 0. The van der Waals surface area contributed by atoms with Crippen molar-refractivity contribution in [1.82, 2.24) is 0 Å². The Bertz CT molecular complexity index is 515. The Balaban J connectivity index is 0.000000315.